The summed E-state index contributed by atoms with van der Waals surface area (Å²) < 4.78 is 39.2. The molecular formula is C12H16F3NO. The lowest BCUT2D eigenvalue weighted by atomic mass is 9.82. The molecule has 3 N–H and O–H groups in total. The topological polar surface area (TPSA) is 46.2 Å². The maximum atomic E-state index is 13.4. The van der Waals surface area contributed by atoms with E-state index in [1.165, 1.54) is 0 Å². The number of nitrogens with two attached hydrogens (primary N) is 1. The molecule has 1 aromatic carbocycles. The second kappa shape index (κ2) is 4.66. The van der Waals surface area contributed by atoms with E-state index in [0.717, 1.165) is 0 Å². The summed E-state index contributed by atoms with van der Waals surface area (Å²) in [5.74, 6) is -3.42. The monoisotopic (exact) mass is 247 g/mol. The predicted octanol–water partition coefficient (Wildman–Crippen LogP) is 2.51. The first kappa shape index (κ1) is 14.0. The highest BCUT2D eigenvalue weighted by Crippen LogP contribution is 2.30. The molecule has 0 aliphatic rings. The van der Waals surface area contributed by atoms with Gasteiger partial charge in [0.2, 0.25) is 0 Å². The average Bonchev–Trinajstić information content (AvgIpc) is 2.20. The number of rotatable bonds is 2. The molecule has 0 heterocycles. The van der Waals surface area contributed by atoms with Gasteiger partial charge >= 0.3 is 0 Å². The molecule has 0 amide bonds. The molecule has 0 saturated carbocycles. The Labute approximate surface area is 98.3 Å². The molecule has 0 aliphatic carbocycles. The van der Waals surface area contributed by atoms with Crippen molar-refractivity contribution in [2.24, 2.45) is 11.1 Å². The van der Waals surface area contributed by atoms with E-state index in [1.807, 2.05) is 0 Å². The lowest BCUT2D eigenvalue weighted by Gasteiger charge is -2.31. The van der Waals surface area contributed by atoms with Gasteiger partial charge in [-0.15, -0.1) is 0 Å². The van der Waals surface area contributed by atoms with Crippen LogP contribution >= 0.6 is 0 Å². The fourth-order valence-corrected chi connectivity index (χ4v) is 1.50. The molecule has 1 aromatic rings. The van der Waals surface area contributed by atoms with E-state index in [9.17, 15) is 18.3 Å². The summed E-state index contributed by atoms with van der Waals surface area (Å²) in [4.78, 5) is 0. The SMILES string of the molecule is CC(C)(C)[C@H](O)[C@H](N)c1cc(F)c(F)cc1F. The van der Waals surface area contributed by atoms with Gasteiger partial charge in [-0.25, -0.2) is 13.2 Å². The Kier molecular flexibility index (Phi) is 3.84. The van der Waals surface area contributed by atoms with Crippen LogP contribution in [0.2, 0.25) is 0 Å². The van der Waals surface area contributed by atoms with Crippen molar-refractivity contribution in [1.82, 2.24) is 0 Å². The van der Waals surface area contributed by atoms with Gasteiger partial charge in [-0.1, -0.05) is 20.8 Å². The first-order valence-corrected chi connectivity index (χ1v) is 5.22. The van der Waals surface area contributed by atoms with Crippen molar-refractivity contribution in [3.05, 3.63) is 35.1 Å². The minimum Gasteiger partial charge on any atom is -0.391 e. The van der Waals surface area contributed by atoms with Gasteiger partial charge < -0.3 is 10.8 Å². The quantitative estimate of drug-likeness (QED) is 0.789. The number of aliphatic hydroxyl groups is 1. The highest BCUT2D eigenvalue weighted by molar-refractivity contribution is 5.24. The van der Waals surface area contributed by atoms with Crippen LogP contribution in [0.25, 0.3) is 0 Å². The second-order valence-electron chi connectivity index (χ2n) is 5.12. The molecule has 0 unspecified atom stereocenters. The summed E-state index contributed by atoms with van der Waals surface area (Å²) in [6.45, 7) is 5.15. The molecule has 2 nitrogen and oxygen atoms in total. The van der Waals surface area contributed by atoms with Gasteiger partial charge in [-0.05, 0) is 11.5 Å². The van der Waals surface area contributed by atoms with Crippen LogP contribution in [-0.4, -0.2) is 11.2 Å². The second-order valence-corrected chi connectivity index (χ2v) is 5.12. The Balaban J connectivity index is 3.13. The number of benzene rings is 1. The molecule has 2 atom stereocenters. The van der Waals surface area contributed by atoms with E-state index in [4.69, 9.17) is 5.73 Å². The van der Waals surface area contributed by atoms with E-state index in [0.29, 0.717) is 12.1 Å². The van der Waals surface area contributed by atoms with Gasteiger partial charge in [0.15, 0.2) is 11.6 Å². The Bertz CT molecular complexity index is 415. The first-order valence-electron chi connectivity index (χ1n) is 5.22. The molecule has 0 fully saturated rings. The van der Waals surface area contributed by atoms with Crippen molar-refractivity contribution in [2.75, 3.05) is 0 Å². The maximum absolute atomic E-state index is 13.4. The summed E-state index contributed by atoms with van der Waals surface area (Å²) in [6.07, 6.45) is -1.07. The zero-order valence-corrected chi connectivity index (χ0v) is 9.97. The maximum Gasteiger partial charge on any atom is 0.161 e. The van der Waals surface area contributed by atoms with Crippen LogP contribution < -0.4 is 5.73 Å². The third-order valence-electron chi connectivity index (χ3n) is 2.63. The average molecular weight is 247 g/mol. The zero-order chi connectivity index (χ0) is 13.4. The fourth-order valence-electron chi connectivity index (χ4n) is 1.50. The Morgan fingerprint density at radius 1 is 1.06 bits per heavy atom. The van der Waals surface area contributed by atoms with Gasteiger partial charge in [0.25, 0.3) is 0 Å². The van der Waals surface area contributed by atoms with Gasteiger partial charge in [0, 0.05) is 11.6 Å². The molecule has 0 radical (unpaired) electrons. The molecule has 0 aromatic heterocycles. The number of halogens is 3. The zero-order valence-electron chi connectivity index (χ0n) is 9.97. The Hall–Kier alpha value is -1.07. The normalized spacial score (nSPS) is 15.8. The van der Waals surface area contributed by atoms with Crippen molar-refractivity contribution < 1.29 is 18.3 Å². The summed E-state index contributed by atoms with van der Waals surface area (Å²) >= 11 is 0. The molecule has 5 heteroatoms. The lowest BCUT2D eigenvalue weighted by Crippen LogP contribution is -2.37. The van der Waals surface area contributed by atoms with Gasteiger partial charge in [-0.3, -0.25) is 0 Å². The van der Waals surface area contributed by atoms with E-state index in [-0.39, 0.29) is 5.56 Å². The van der Waals surface area contributed by atoms with Crippen molar-refractivity contribution in [1.29, 1.82) is 0 Å². The molecule has 0 saturated heterocycles. The van der Waals surface area contributed by atoms with E-state index in [2.05, 4.69) is 0 Å². The minimum absolute atomic E-state index is 0.230. The fraction of sp³-hybridized carbons (Fsp3) is 0.500. The first-order chi connectivity index (χ1) is 7.64. The standard InChI is InChI=1S/C12H16F3NO/c1-12(2,3)11(17)10(16)6-4-8(14)9(15)5-7(6)13/h4-5,10-11,17H,16H2,1-3H3/t10-,11-/m1/s1. The number of aliphatic hydroxyl groups excluding tert-OH is 1. The highest BCUT2D eigenvalue weighted by atomic mass is 19.2. The molecule has 96 valence electrons. The minimum atomic E-state index is -1.27. The van der Waals surface area contributed by atoms with Crippen LogP contribution in [0, 0.1) is 22.9 Å². The molecule has 0 bridgehead atoms. The van der Waals surface area contributed by atoms with Crippen LogP contribution in [-0.2, 0) is 0 Å². The number of hydrogen-bond donors (Lipinski definition) is 2. The van der Waals surface area contributed by atoms with Crippen LogP contribution in [0.1, 0.15) is 32.4 Å². The summed E-state index contributed by atoms with van der Waals surface area (Å²) in [5.41, 5.74) is 4.85. The van der Waals surface area contributed by atoms with E-state index >= 15 is 0 Å². The highest BCUT2D eigenvalue weighted by Gasteiger charge is 2.31. The largest absolute Gasteiger partial charge is 0.391 e. The van der Waals surface area contributed by atoms with Gasteiger partial charge in [0.05, 0.1) is 12.1 Å². The smallest absolute Gasteiger partial charge is 0.161 e. The van der Waals surface area contributed by atoms with Crippen LogP contribution in [0.4, 0.5) is 13.2 Å². The van der Waals surface area contributed by atoms with Crippen molar-refractivity contribution in [3.63, 3.8) is 0 Å². The van der Waals surface area contributed by atoms with Crippen molar-refractivity contribution >= 4 is 0 Å². The van der Waals surface area contributed by atoms with Crippen molar-refractivity contribution in [2.45, 2.75) is 32.9 Å². The summed E-state index contributed by atoms with van der Waals surface area (Å²) in [5, 5.41) is 9.88. The predicted molar refractivity (Wildman–Crippen MR) is 58.7 cm³/mol. The van der Waals surface area contributed by atoms with Gasteiger partial charge in [0.1, 0.15) is 5.82 Å². The molecule has 0 spiro atoms. The van der Waals surface area contributed by atoms with Gasteiger partial charge in [-0.2, -0.15) is 0 Å². The molecule has 1 rings (SSSR count). The summed E-state index contributed by atoms with van der Waals surface area (Å²) in [6, 6.07) is 0.00889. The van der Waals surface area contributed by atoms with Crippen LogP contribution in [0.5, 0.6) is 0 Å². The molecule has 0 aliphatic heterocycles. The van der Waals surface area contributed by atoms with Crippen molar-refractivity contribution in [3.8, 4) is 0 Å². The Morgan fingerprint density at radius 2 is 1.53 bits per heavy atom. The lowest BCUT2D eigenvalue weighted by molar-refractivity contribution is 0.0390. The van der Waals surface area contributed by atoms with E-state index in [1.54, 1.807) is 20.8 Å². The molecular weight excluding hydrogens is 231 g/mol. The van der Waals surface area contributed by atoms with Crippen LogP contribution in [0.15, 0.2) is 12.1 Å². The number of hydrogen-bond acceptors (Lipinski definition) is 2. The summed E-state index contributed by atoms with van der Waals surface area (Å²) in [7, 11) is 0. The van der Waals surface area contributed by atoms with E-state index < -0.39 is 35.0 Å². The Morgan fingerprint density at radius 3 is 2.00 bits per heavy atom. The van der Waals surface area contributed by atoms with Crippen LogP contribution in [0.3, 0.4) is 0 Å². The third-order valence-corrected chi connectivity index (χ3v) is 2.63. The molecule has 17 heavy (non-hydrogen) atoms. The third kappa shape index (κ3) is 2.98.